The third-order valence-corrected chi connectivity index (χ3v) is 3.62. The first-order valence-electron chi connectivity index (χ1n) is 6.64. The lowest BCUT2D eigenvalue weighted by molar-refractivity contribution is 0.486. The number of imidazole rings is 1. The van der Waals surface area contributed by atoms with E-state index in [1.807, 2.05) is 11.6 Å². The first-order chi connectivity index (χ1) is 8.63. The molecule has 5 heteroatoms. The molecule has 0 fully saturated rings. The van der Waals surface area contributed by atoms with Gasteiger partial charge in [-0.1, -0.05) is 13.3 Å². The number of aromatic nitrogens is 4. The average molecular weight is 269 g/mol. The summed E-state index contributed by atoms with van der Waals surface area (Å²) >= 11 is 6.04. The highest BCUT2D eigenvalue weighted by Crippen LogP contribution is 2.26. The number of hydrogen-bond acceptors (Lipinski definition) is 2. The van der Waals surface area contributed by atoms with Crippen molar-refractivity contribution < 1.29 is 0 Å². The van der Waals surface area contributed by atoms with E-state index >= 15 is 0 Å². The fraction of sp³-hybridized carbons (Fsp3) is 0.692. The van der Waals surface area contributed by atoms with Gasteiger partial charge in [-0.3, -0.25) is 0 Å². The topological polar surface area (TPSA) is 35.6 Å². The maximum absolute atomic E-state index is 6.04. The van der Waals surface area contributed by atoms with E-state index in [0.717, 1.165) is 42.1 Å². The van der Waals surface area contributed by atoms with Crippen LogP contribution in [-0.2, 0) is 12.4 Å². The van der Waals surface area contributed by atoms with Crippen molar-refractivity contribution in [2.45, 2.75) is 59.0 Å². The summed E-state index contributed by atoms with van der Waals surface area (Å²) in [6.45, 7) is 9.40. The molecule has 100 valence electrons. The van der Waals surface area contributed by atoms with Crippen LogP contribution in [-0.4, -0.2) is 19.3 Å². The van der Waals surface area contributed by atoms with E-state index in [9.17, 15) is 0 Å². The molecule has 0 saturated heterocycles. The van der Waals surface area contributed by atoms with Crippen LogP contribution in [0.3, 0.4) is 0 Å². The van der Waals surface area contributed by atoms with Gasteiger partial charge in [0.05, 0.1) is 11.6 Å². The molecule has 0 amide bonds. The van der Waals surface area contributed by atoms with Gasteiger partial charge in [0.1, 0.15) is 11.3 Å². The summed E-state index contributed by atoms with van der Waals surface area (Å²) in [7, 11) is 0. The summed E-state index contributed by atoms with van der Waals surface area (Å²) in [5.41, 5.74) is 3.10. The molecule has 0 aromatic carbocycles. The van der Waals surface area contributed by atoms with Crippen molar-refractivity contribution in [3.05, 3.63) is 11.5 Å². The van der Waals surface area contributed by atoms with Crippen LogP contribution in [0.2, 0.25) is 0 Å². The monoisotopic (exact) mass is 268 g/mol. The number of halogens is 1. The van der Waals surface area contributed by atoms with Crippen LogP contribution in [0.1, 0.15) is 51.2 Å². The summed E-state index contributed by atoms with van der Waals surface area (Å²) in [5, 5.41) is 4.54. The molecule has 1 unspecified atom stereocenters. The summed E-state index contributed by atoms with van der Waals surface area (Å²) in [4.78, 5) is 4.65. The van der Waals surface area contributed by atoms with Gasteiger partial charge in [-0.25, -0.2) is 9.67 Å². The standard InChI is InChI=1S/C13H21ClN4/c1-5-7-9(3)18-11(8-14)15-12-10(4)16-17(6-2)13(12)18/h9H,5-8H2,1-4H3. The Bertz CT molecular complexity index is 541. The van der Waals surface area contributed by atoms with Gasteiger partial charge in [0.25, 0.3) is 0 Å². The lowest BCUT2D eigenvalue weighted by atomic mass is 10.2. The minimum atomic E-state index is 0.412. The van der Waals surface area contributed by atoms with Crippen LogP contribution >= 0.6 is 11.6 Å². The molecular weight excluding hydrogens is 248 g/mol. The van der Waals surface area contributed by atoms with Crippen molar-refractivity contribution in [3.8, 4) is 0 Å². The van der Waals surface area contributed by atoms with Gasteiger partial charge in [-0.2, -0.15) is 5.10 Å². The first kappa shape index (κ1) is 13.4. The minimum Gasteiger partial charge on any atom is -0.309 e. The highest BCUT2D eigenvalue weighted by atomic mass is 35.5. The first-order valence-corrected chi connectivity index (χ1v) is 7.17. The van der Waals surface area contributed by atoms with Crippen molar-refractivity contribution in [1.82, 2.24) is 19.3 Å². The molecule has 1 atom stereocenters. The minimum absolute atomic E-state index is 0.412. The van der Waals surface area contributed by atoms with E-state index in [1.165, 1.54) is 0 Å². The number of fused-ring (bicyclic) bond motifs is 1. The molecule has 0 radical (unpaired) electrons. The lowest BCUT2D eigenvalue weighted by Crippen LogP contribution is -2.12. The van der Waals surface area contributed by atoms with Crippen LogP contribution in [0.4, 0.5) is 0 Å². The van der Waals surface area contributed by atoms with Crippen molar-refractivity contribution in [2.24, 2.45) is 0 Å². The van der Waals surface area contributed by atoms with Gasteiger partial charge < -0.3 is 4.57 Å². The number of nitrogens with zero attached hydrogens (tertiary/aromatic N) is 4. The average Bonchev–Trinajstić information content (AvgIpc) is 2.87. The Balaban J connectivity index is 2.66. The quantitative estimate of drug-likeness (QED) is 0.776. The zero-order chi connectivity index (χ0) is 13.3. The van der Waals surface area contributed by atoms with E-state index < -0.39 is 0 Å². The molecular formula is C13H21ClN4. The summed E-state index contributed by atoms with van der Waals surface area (Å²) in [6, 6.07) is 0.412. The van der Waals surface area contributed by atoms with Crippen LogP contribution in [0.5, 0.6) is 0 Å². The van der Waals surface area contributed by atoms with Crippen molar-refractivity contribution in [3.63, 3.8) is 0 Å². The molecule has 0 saturated carbocycles. The van der Waals surface area contributed by atoms with Crippen LogP contribution in [0.25, 0.3) is 11.2 Å². The summed E-state index contributed by atoms with van der Waals surface area (Å²) in [6.07, 6.45) is 2.28. The Hall–Kier alpha value is -1.03. The van der Waals surface area contributed by atoms with Gasteiger partial charge in [-0.15, -0.1) is 11.6 Å². The Kier molecular flexibility index (Phi) is 3.95. The molecule has 0 spiro atoms. The number of aryl methyl sites for hydroxylation is 2. The van der Waals surface area contributed by atoms with Crippen molar-refractivity contribution >= 4 is 22.8 Å². The van der Waals surface area contributed by atoms with Crippen molar-refractivity contribution in [1.29, 1.82) is 0 Å². The van der Waals surface area contributed by atoms with Crippen LogP contribution in [0, 0.1) is 6.92 Å². The van der Waals surface area contributed by atoms with Crippen LogP contribution in [0.15, 0.2) is 0 Å². The predicted molar refractivity (Wildman–Crippen MR) is 75.1 cm³/mol. The molecule has 0 aliphatic carbocycles. The highest BCUT2D eigenvalue weighted by Gasteiger charge is 2.20. The largest absolute Gasteiger partial charge is 0.309 e. The smallest absolute Gasteiger partial charge is 0.159 e. The van der Waals surface area contributed by atoms with Gasteiger partial charge >= 0.3 is 0 Å². The highest BCUT2D eigenvalue weighted by molar-refractivity contribution is 6.16. The Morgan fingerprint density at radius 1 is 1.33 bits per heavy atom. The fourth-order valence-corrected chi connectivity index (χ4v) is 2.75. The molecule has 0 N–H and O–H groups in total. The van der Waals surface area contributed by atoms with Gasteiger partial charge in [0.15, 0.2) is 5.65 Å². The molecule has 0 aliphatic rings. The lowest BCUT2D eigenvalue weighted by Gasteiger charge is -2.16. The number of hydrogen-bond donors (Lipinski definition) is 0. The maximum Gasteiger partial charge on any atom is 0.159 e. The molecule has 0 aliphatic heterocycles. The third-order valence-electron chi connectivity index (χ3n) is 3.38. The van der Waals surface area contributed by atoms with E-state index in [0.29, 0.717) is 11.9 Å². The van der Waals surface area contributed by atoms with Crippen molar-refractivity contribution in [2.75, 3.05) is 0 Å². The van der Waals surface area contributed by atoms with E-state index in [1.54, 1.807) is 0 Å². The number of rotatable bonds is 5. The summed E-state index contributed by atoms with van der Waals surface area (Å²) < 4.78 is 4.29. The second kappa shape index (κ2) is 5.31. The second-order valence-electron chi connectivity index (χ2n) is 4.74. The second-order valence-corrected chi connectivity index (χ2v) is 5.01. The van der Waals surface area contributed by atoms with Crippen LogP contribution < -0.4 is 0 Å². The molecule has 4 nitrogen and oxygen atoms in total. The fourth-order valence-electron chi connectivity index (χ4n) is 2.56. The Morgan fingerprint density at radius 3 is 2.61 bits per heavy atom. The third kappa shape index (κ3) is 2.03. The molecule has 2 rings (SSSR count). The SMILES string of the molecule is CCCC(C)n1c(CCl)nc2c(C)nn(CC)c21. The summed E-state index contributed by atoms with van der Waals surface area (Å²) in [5.74, 6) is 1.40. The number of alkyl halides is 1. The van der Waals surface area contributed by atoms with E-state index in [2.05, 4.69) is 35.4 Å². The van der Waals surface area contributed by atoms with Gasteiger partial charge in [-0.05, 0) is 27.2 Å². The van der Waals surface area contributed by atoms with E-state index in [-0.39, 0.29) is 0 Å². The van der Waals surface area contributed by atoms with Gasteiger partial charge in [0.2, 0.25) is 0 Å². The molecule has 2 heterocycles. The molecule has 18 heavy (non-hydrogen) atoms. The molecule has 2 aromatic heterocycles. The molecule has 2 aromatic rings. The Labute approximate surface area is 113 Å². The zero-order valence-electron chi connectivity index (χ0n) is 11.6. The normalized spacial score (nSPS) is 13.4. The maximum atomic E-state index is 6.04. The molecule has 0 bridgehead atoms. The van der Waals surface area contributed by atoms with E-state index in [4.69, 9.17) is 11.6 Å². The van der Waals surface area contributed by atoms with Gasteiger partial charge in [0, 0.05) is 12.6 Å². The zero-order valence-corrected chi connectivity index (χ0v) is 12.3. The Morgan fingerprint density at radius 2 is 2.06 bits per heavy atom. The predicted octanol–water partition coefficient (Wildman–Crippen LogP) is 3.66.